The van der Waals surface area contributed by atoms with Crippen molar-refractivity contribution in [3.05, 3.63) is 63.7 Å². The van der Waals surface area contributed by atoms with Crippen LogP contribution in [0.4, 0.5) is 5.69 Å². The number of amides is 1. The van der Waals surface area contributed by atoms with Gasteiger partial charge in [0.15, 0.2) is 11.5 Å². The van der Waals surface area contributed by atoms with E-state index in [1.165, 1.54) is 25.3 Å². The molecule has 0 aliphatic rings. The Morgan fingerprint density at radius 2 is 1.96 bits per heavy atom. The molecule has 8 heteroatoms. The summed E-state index contributed by atoms with van der Waals surface area (Å²) in [6.45, 7) is 1.49. The molecular formula is C18H20N2O6. The van der Waals surface area contributed by atoms with Crippen LogP contribution >= 0.6 is 0 Å². The van der Waals surface area contributed by atoms with Crippen molar-refractivity contribution in [1.82, 2.24) is 5.32 Å². The Balaban J connectivity index is 1.89. The van der Waals surface area contributed by atoms with Gasteiger partial charge in [0.25, 0.3) is 11.6 Å². The minimum atomic E-state index is -0.954. The van der Waals surface area contributed by atoms with Crippen molar-refractivity contribution >= 4 is 11.6 Å². The fraction of sp³-hybridized carbons (Fsp3) is 0.278. The van der Waals surface area contributed by atoms with Crippen molar-refractivity contribution in [2.75, 3.05) is 20.3 Å². The number of hydrogen-bond acceptors (Lipinski definition) is 6. The van der Waals surface area contributed by atoms with E-state index < -0.39 is 16.9 Å². The number of nitrogens with one attached hydrogen (secondary N) is 1. The van der Waals surface area contributed by atoms with Crippen molar-refractivity contribution in [3.63, 3.8) is 0 Å². The summed E-state index contributed by atoms with van der Waals surface area (Å²) in [5.41, 5.74) is 0.495. The molecule has 8 nitrogen and oxygen atoms in total. The molecule has 0 aromatic heterocycles. The van der Waals surface area contributed by atoms with E-state index in [0.29, 0.717) is 17.1 Å². The number of nitrogens with zero attached hydrogens (tertiary/aromatic N) is 1. The highest BCUT2D eigenvalue weighted by molar-refractivity contribution is 5.95. The number of benzene rings is 2. The normalized spacial score (nSPS) is 11.5. The number of ether oxygens (including phenoxy) is 2. The van der Waals surface area contributed by atoms with Crippen LogP contribution < -0.4 is 14.8 Å². The SMILES string of the molecule is COc1ccccc1OCC(O)CNC(=O)c1ccc(C)c([N+](=O)[O-])c1. The molecule has 138 valence electrons. The van der Waals surface area contributed by atoms with Gasteiger partial charge in [0.05, 0.1) is 12.0 Å². The number of methoxy groups -OCH3 is 1. The Morgan fingerprint density at radius 3 is 2.62 bits per heavy atom. The summed E-state index contributed by atoms with van der Waals surface area (Å²) < 4.78 is 10.6. The quantitative estimate of drug-likeness (QED) is 0.551. The first-order valence-electron chi connectivity index (χ1n) is 7.89. The molecule has 1 unspecified atom stereocenters. The molecule has 26 heavy (non-hydrogen) atoms. The molecule has 0 radical (unpaired) electrons. The highest BCUT2D eigenvalue weighted by Crippen LogP contribution is 2.25. The van der Waals surface area contributed by atoms with Crippen LogP contribution in [0.25, 0.3) is 0 Å². The van der Waals surface area contributed by atoms with Gasteiger partial charge < -0.3 is 19.9 Å². The van der Waals surface area contributed by atoms with E-state index in [4.69, 9.17) is 9.47 Å². The highest BCUT2D eigenvalue weighted by atomic mass is 16.6. The summed E-state index contributed by atoms with van der Waals surface area (Å²) in [6.07, 6.45) is -0.954. The second-order valence-electron chi connectivity index (χ2n) is 5.58. The fourth-order valence-corrected chi connectivity index (χ4v) is 2.24. The van der Waals surface area contributed by atoms with Gasteiger partial charge in [-0.1, -0.05) is 18.2 Å². The van der Waals surface area contributed by atoms with Crippen LogP contribution in [-0.2, 0) is 0 Å². The topological polar surface area (TPSA) is 111 Å². The van der Waals surface area contributed by atoms with Gasteiger partial charge in [0.1, 0.15) is 12.7 Å². The zero-order valence-electron chi connectivity index (χ0n) is 14.5. The van der Waals surface area contributed by atoms with Crippen molar-refractivity contribution in [3.8, 4) is 11.5 Å². The monoisotopic (exact) mass is 360 g/mol. The number of rotatable bonds is 8. The van der Waals surface area contributed by atoms with E-state index in [1.807, 2.05) is 0 Å². The number of aliphatic hydroxyl groups excluding tert-OH is 1. The second kappa shape index (κ2) is 8.82. The van der Waals surface area contributed by atoms with Crippen LogP contribution in [0.1, 0.15) is 15.9 Å². The van der Waals surface area contributed by atoms with Gasteiger partial charge in [-0.25, -0.2) is 0 Å². The Labute approximate surface area is 150 Å². The lowest BCUT2D eigenvalue weighted by Crippen LogP contribution is -2.35. The number of hydrogen-bond donors (Lipinski definition) is 2. The molecule has 2 aromatic carbocycles. The molecule has 0 spiro atoms. The van der Waals surface area contributed by atoms with Crippen LogP contribution in [0, 0.1) is 17.0 Å². The first-order chi connectivity index (χ1) is 12.4. The van der Waals surface area contributed by atoms with Crippen LogP contribution in [0.2, 0.25) is 0 Å². The predicted octanol–water partition coefficient (Wildman–Crippen LogP) is 2.08. The van der Waals surface area contributed by atoms with Crippen molar-refractivity contribution in [1.29, 1.82) is 0 Å². The van der Waals surface area contributed by atoms with Gasteiger partial charge >= 0.3 is 0 Å². The number of carbonyl (C=O) groups is 1. The van der Waals surface area contributed by atoms with Gasteiger partial charge in [-0.15, -0.1) is 0 Å². The van der Waals surface area contributed by atoms with E-state index >= 15 is 0 Å². The zero-order valence-corrected chi connectivity index (χ0v) is 14.5. The predicted molar refractivity (Wildman–Crippen MR) is 94.7 cm³/mol. The minimum Gasteiger partial charge on any atom is -0.493 e. The molecule has 2 rings (SSSR count). The average Bonchev–Trinajstić information content (AvgIpc) is 2.64. The largest absolute Gasteiger partial charge is 0.493 e. The minimum absolute atomic E-state index is 0.0469. The van der Waals surface area contributed by atoms with Crippen molar-refractivity contribution in [2.24, 2.45) is 0 Å². The van der Waals surface area contributed by atoms with Gasteiger partial charge in [-0.2, -0.15) is 0 Å². The highest BCUT2D eigenvalue weighted by Gasteiger charge is 2.16. The van der Waals surface area contributed by atoms with Gasteiger partial charge in [0.2, 0.25) is 0 Å². The van der Waals surface area contributed by atoms with Crippen LogP contribution in [0.5, 0.6) is 11.5 Å². The summed E-state index contributed by atoms with van der Waals surface area (Å²) >= 11 is 0. The third-order valence-electron chi connectivity index (χ3n) is 3.67. The van der Waals surface area contributed by atoms with E-state index in [9.17, 15) is 20.0 Å². The maximum atomic E-state index is 12.1. The van der Waals surface area contributed by atoms with Gasteiger partial charge in [0, 0.05) is 23.7 Å². The summed E-state index contributed by atoms with van der Waals surface area (Å²) in [7, 11) is 1.51. The molecule has 0 aliphatic heterocycles. The number of para-hydroxylation sites is 2. The Morgan fingerprint density at radius 1 is 1.27 bits per heavy atom. The lowest BCUT2D eigenvalue weighted by Gasteiger charge is -2.15. The lowest BCUT2D eigenvalue weighted by molar-refractivity contribution is -0.385. The van der Waals surface area contributed by atoms with E-state index in [-0.39, 0.29) is 24.4 Å². The fourth-order valence-electron chi connectivity index (χ4n) is 2.24. The van der Waals surface area contributed by atoms with Crippen LogP contribution in [-0.4, -0.2) is 42.3 Å². The molecule has 1 atom stereocenters. The summed E-state index contributed by atoms with van der Waals surface area (Å²) in [5, 5.41) is 23.4. The maximum Gasteiger partial charge on any atom is 0.273 e. The Hall–Kier alpha value is -3.13. The zero-order chi connectivity index (χ0) is 19.1. The van der Waals surface area contributed by atoms with E-state index in [1.54, 1.807) is 31.2 Å². The molecule has 0 heterocycles. The standard InChI is InChI=1S/C18H20N2O6/c1-12-7-8-13(9-15(12)20(23)24)18(22)19-10-14(21)11-26-17-6-4-3-5-16(17)25-2/h3-9,14,21H,10-11H2,1-2H3,(H,19,22). The summed E-state index contributed by atoms with van der Waals surface area (Å²) in [5.74, 6) is 0.509. The van der Waals surface area contributed by atoms with Crippen LogP contribution in [0.15, 0.2) is 42.5 Å². The molecule has 0 saturated carbocycles. The molecule has 1 amide bonds. The maximum absolute atomic E-state index is 12.1. The van der Waals surface area contributed by atoms with Crippen molar-refractivity contribution in [2.45, 2.75) is 13.0 Å². The first kappa shape index (κ1) is 19.2. The smallest absolute Gasteiger partial charge is 0.273 e. The molecule has 2 N–H and O–H groups in total. The molecule has 0 saturated heterocycles. The third kappa shape index (κ3) is 4.93. The van der Waals surface area contributed by atoms with Crippen molar-refractivity contribution < 1.29 is 24.3 Å². The first-order valence-corrected chi connectivity index (χ1v) is 7.89. The number of nitro groups is 1. The van der Waals surface area contributed by atoms with E-state index in [0.717, 1.165) is 0 Å². The number of aliphatic hydroxyl groups is 1. The molecule has 2 aromatic rings. The molecule has 0 bridgehead atoms. The average molecular weight is 360 g/mol. The van der Waals surface area contributed by atoms with Gasteiger partial charge in [-0.3, -0.25) is 14.9 Å². The third-order valence-corrected chi connectivity index (χ3v) is 3.67. The lowest BCUT2D eigenvalue weighted by atomic mass is 10.1. The van der Waals surface area contributed by atoms with Gasteiger partial charge in [-0.05, 0) is 25.1 Å². The Bertz CT molecular complexity index is 793. The number of nitro benzene ring substituents is 1. The second-order valence-corrected chi connectivity index (χ2v) is 5.58. The molecule has 0 aliphatic carbocycles. The number of aryl methyl sites for hydroxylation is 1. The molecule has 0 fully saturated rings. The Kier molecular flexibility index (Phi) is 6.51. The van der Waals surface area contributed by atoms with E-state index in [2.05, 4.69) is 5.32 Å². The summed E-state index contributed by atoms with van der Waals surface area (Å²) in [6, 6.07) is 11.2. The number of carbonyl (C=O) groups excluding carboxylic acids is 1. The summed E-state index contributed by atoms with van der Waals surface area (Å²) in [4.78, 5) is 22.5. The van der Waals surface area contributed by atoms with Crippen LogP contribution in [0.3, 0.4) is 0 Å². The molecular weight excluding hydrogens is 340 g/mol.